The van der Waals surface area contributed by atoms with Crippen molar-refractivity contribution in [3.8, 4) is 0 Å². The zero-order valence-corrected chi connectivity index (χ0v) is 19.1. The summed E-state index contributed by atoms with van der Waals surface area (Å²) in [4.78, 5) is 22.5. The molecule has 1 aromatic carbocycles. The highest BCUT2D eigenvalue weighted by molar-refractivity contribution is 6.38. The third-order valence-electron chi connectivity index (χ3n) is 5.89. The van der Waals surface area contributed by atoms with Crippen LogP contribution < -0.4 is 16.8 Å². The zero-order chi connectivity index (χ0) is 22.9. The topological polar surface area (TPSA) is 125 Å². The molecule has 0 radical (unpaired) electrons. The Morgan fingerprint density at radius 3 is 2.78 bits per heavy atom. The molecule has 1 amide bonds. The standard InChI is InChI=1S/C23H35N7O2/c1-3-6-18(15-17-16-26-20-8-5-4-7-19(17)20)27-22(31)21(24)28-23(25)30-11-9-29(10-12-30)13-14-32-2/h4-5,7-8,16,18,26H,3,6,9-15H2,1-2H3,(H4,24,25,27,28,31)/p+1. The van der Waals surface area contributed by atoms with Crippen LogP contribution in [0.5, 0.6) is 0 Å². The van der Waals surface area contributed by atoms with Crippen LogP contribution in [0.25, 0.3) is 10.9 Å². The Kier molecular flexibility index (Phi) is 8.64. The number of benzene rings is 1. The third-order valence-corrected chi connectivity index (χ3v) is 5.89. The van der Waals surface area contributed by atoms with Crippen molar-refractivity contribution in [1.82, 2.24) is 15.2 Å². The largest absolute Gasteiger partial charge is 0.387 e. The minimum absolute atomic E-state index is 0.0361. The van der Waals surface area contributed by atoms with Crippen LogP contribution in [-0.2, 0) is 16.0 Å². The van der Waals surface area contributed by atoms with Gasteiger partial charge in [-0.2, -0.15) is 0 Å². The first kappa shape index (κ1) is 23.7. The molecular weight excluding hydrogens is 406 g/mol. The van der Waals surface area contributed by atoms with E-state index >= 15 is 0 Å². The van der Waals surface area contributed by atoms with Crippen LogP contribution in [0.2, 0.25) is 0 Å². The molecule has 9 heteroatoms. The first-order valence-electron chi connectivity index (χ1n) is 11.3. The molecule has 0 aliphatic carbocycles. The van der Waals surface area contributed by atoms with Crippen LogP contribution in [0.15, 0.2) is 35.5 Å². The predicted molar refractivity (Wildman–Crippen MR) is 128 cm³/mol. The molecular formula is C23H36N7O2+. The van der Waals surface area contributed by atoms with E-state index in [0.717, 1.165) is 57.5 Å². The molecule has 0 bridgehead atoms. The van der Waals surface area contributed by atoms with Gasteiger partial charge in [-0.15, -0.1) is 0 Å². The van der Waals surface area contributed by atoms with Gasteiger partial charge in [-0.3, -0.25) is 20.0 Å². The van der Waals surface area contributed by atoms with Gasteiger partial charge >= 0.3 is 11.9 Å². The van der Waals surface area contributed by atoms with E-state index in [0.29, 0.717) is 6.61 Å². The van der Waals surface area contributed by atoms with Crippen LogP contribution >= 0.6 is 0 Å². The fraction of sp³-hybridized carbons (Fsp3) is 0.522. The molecule has 6 N–H and O–H groups in total. The number of aromatic amines is 1. The number of hydrogen-bond donors (Lipinski definition) is 4. The summed E-state index contributed by atoms with van der Waals surface area (Å²) < 4.78 is 7.09. The summed E-state index contributed by atoms with van der Waals surface area (Å²) >= 11 is 0. The number of carbonyl (C=O) groups excluding carboxylic acids is 1. The van der Waals surface area contributed by atoms with Crippen molar-refractivity contribution < 1.29 is 14.1 Å². The highest BCUT2D eigenvalue weighted by Crippen LogP contribution is 2.20. The number of fused-ring (bicyclic) bond motifs is 1. The van der Waals surface area contributed by atoms with E-state index in [1.165, 1.54) is 10.9 Å². The van der Waals surface area contributed by atoms with Gasteiger partial charge in [-0.25, -0.2) is 0 Å². The van der Waals surface area contributed by atoms with Crippen molar-refractivity contribution in [2.75, 3.05) is 46.4 Å². The molecule has 3 rings (SSSR count). The Balaban J connectivity index is 1.61. The second kappa shape index (κ2) is 11.6. The van der Waals surface area contributed by atoms with Gasteiger partial charge in [0.1, 0.15) is 0 Å². The van der Waals surface area contributed by atoms with Gasteiger partial charge in [0.2, 0.25) is 0 Å². The van der Waals surface area contributed by atoms with E-state index in [-0.39, 0.29) is 23.7 Å². The number of para-hydroxylation sites is 1. The van der Waals surface area contributed by atoms with Gasteiger partial charge in [0.05, 0.1) is 19.7 Å². The number of rotatable bonds is 8. The highest BCUT2D eigenvalue weighted by atomic mass is 16.5. The number of amides is 1. The number of nitrogens with two attached hydrogens (primary N) is 2. The van der Waals surface area contributed by atoms with Gasteiger partial charge in [0.15, 0.2) is 0 Å². The normalized spacial score (nSPS) is 16.3. The molecule has 0 saturated carbocycles. The van der Waals surface area contributed by atoms with Crippen molar-refractivity contribution >= 4 is 28.6 Å². The van der Waals surface area contributed by atoms with Gasteiger partial charge in [-0.05, 0) is 29.5 Å². The van der Waals surface area contributed by atoms with Crippen molar-refractivity contribution in [2.45, 2.75) is 32.2 Å². The average Bonchev–Trinajstić information content (AvgIpc) is 3.21. The van der Waals surface area contributed by atoms with Crippen molar-refractivity contribution in [2.24, 2.45) is 16.5 Å². The van der Waals surface area contributed by atoms with Gasteiger partial charge in [0.25, 0.3) is 5.84 Å². The lowest BCUT2D eigenvalue weighted by molar-refractivity contribution is -0.541. The average molecular weight is 443 g/mol. The number of guanidine groups is 1. The second-order valence-electron chi connectivity index (χ2n) is 8.20. The quantitative estimate of drug-likeness (QED) is 0.271. The SMILES string of the molecule is CCCC(Cc1c[nH]c2ccccc12)NC(=O)C(N)=NC(N)=[N+]1CCN(CCOC)CC1. The Labute approximate surface area is 189 Å². The molecule has 1 atom stereocenters. The Bertz CT molecular complexity index is 956. The fourth-order valence-corrected chi connectivity index (χ4v) is 4.06. The molecule has 1 aliphatic rings. The number of H-pyrrole nitrogens is 1. The van der Waals surface area contributed by atoms with Gasteiger partial charge in [-0.1, -0.05) is 31.5 Å². The summed E-state index contributed by atoms with van der Waals surface area (Å²) in [5.41, 5.74) is 14.4. The van der Waals surface area contributed by atoms with Crippen LogP contribution in [0.3, 0.4) is 0 Å². The number of aromatic nitrogens is 1. The van der Waals surface area contributed by atoms with Gasteiger partial charge < -0.3 is 20.8 Å². The first-order valence-corrected chi connectivity index (χ1v) is 11.3. The summed E-state index contributed by atoms with van der Waals surface area (Å²) in [6.45, 7) is 6.93. The van der Waals surface area contributed by atoms with Crippen LogP contribution in [0.4, 0.5) is 0 Å². The Morgan fingerprint density at radius 1 is 1.31 bits per heavy atom. The number of amidine groups is 1. The summed E-state index contributed by atoms with van der Waals surface area (Å²) in [6, 6.07) is 8.13. The third kappa shape index (κ3) is 6.30. The fourth-order valence-electron chi connectivity index (χ4n) is 4.06. The Hall–Kier alpha value is -2.91. The van der Waals surface area contributed by atoms with E-state index < -0.39 is 0 Å². The number of methoxy groups -OCH3 is 1. The minimum atomic E-state index is -0.384. The summed E-state index contributed by atoms with van der Waals surface area (Å²) in [7, 11) is 1.70. The number of ether oxygens (including phenoxy) is 1. The predicted octanol–water partition coefficient (Wildman–Crippen LogP) is 0.642. The van der Waals surface area contributed by atoms with Gasteiger partial charge in [0, 0.05) is 49.9 Å². The lowest BCUT2D eigenvalue weighted by Crippen LogP contribution is -2.47. The molecule has 1 aromatic heterocycles. The molecule has 2 heterocycles. The Morgan fingerprint density at radius 2 is 2.06 bits per heavy atom. The number of aliphatic imine (C=N–C) groups is 1. The second-order valence-corrected chi connectivity index (χ2v) is 8.20. The molecule has 32 heavy (non-hydrogen) atoms. The summed E-state index contributed by atoms with van der Waals surface area (Å²) in [6.07, 6.45) is 4.53. The minimum Gasteiger partial charge on any atom is -0.383 e. The lowest BCUT2D eigenvalue weighted by Gasteiger charge is -2.27. The van der Waals surface area contributed by atoms with Crippen molar-refractivity contribution in [1.29, 1.82) is 0 Å². The van der Waals surface area contributed by atoms with Crippen LogP contribution in [0.1, 0.15) is 25.3 Å². The number of nitrogens with one attached hydrogen (secondary N) is 2. The van der Waals surface area contributed by atoms with E-state index in [1.54, 1.807) is 7.11 Å². The monoisotopic (exact) mass is 442 g/mol. The maximum atomic E-state index is 12.7. The van der Waals surface area contributed by atoms with E-state index in [4.69, 9.17) is 16.2 Å². The molecule has 0 spiro atoms. The maximum absolute atomic E-state index is 12.7. The van der Waals surface area contributed by atoms with Crippen LogP contribution in [0, 0.1) is 0 Å². The lowest BCUT2D eigenvalue weighted by atomic mass is 10.0. The number of hydrogen-bond acceptors (Lipinski definition) is 3. The number of nitrogens with zero attached hydrogens (tertiary/aromatic N) is 3. The first-order chi connectivity index (χ1) is 15.5. The maximum Gasteiger partial charge on any atom is 0.387 e. The molecule has 1 fully saturated rings. The summed E-state index contributed by atoms with van der Waals surface area (Å²) in [5.74, 6) is -0.206. The molecule has 1 unspecified atom stereocenters. The number of carbonyl (C=O) groups is 1. The highest BCUT2D eigenvalue weighted by Gasteiger charge is 2.22. The molecule has 9 nitrogen and oxygen atoms in total. The van der Waals surface area contributed by atoms with Crippen molar-refractivity contribution in [3.05, 3.63) is 36.0 Å². The summed E-state index contributed by atoms with van der Waals surface area (Å²) in [5, 5.41) is 4.21. The van der Waals surface area contributed by atoms with Crippen molar-refractivity contribution in [3.63, 3.8) is 0 Å². The molecule has 1 saturated heterocycles. The zero-order valence-electron chi connectivity index (χ0n) is 19.1. The molecule has 1 aliphatic heterocycles. The smallest absolute Gasteiger partial charge is 0.383 e. The van der Waals surface area contributed by atoms with E-state index in [9.17, 15) is 4.79 Å². The van der Waals surface area contributed by atoms with E-state index in [2.05, 4.69) is 33.2 Å². The molecule has 2 aromatic rings. The number of piperazine rings is 1. The molecule has 174 valence electrons. The van der Waals surface area contributed by atoms with E-state index in [1.807, 2.05) is 29.0 Å². The van der Waals surface area contributed by atoms with Crippen LogP contribution in [-0.4, -0.2) is 84.6 Å².